The summed E-state index contributed by atoms with van der Waals surface area (Å²) >= 11 is 6.90. The lowest BCUT2D eigenvalue weighted by Gasteiger charge is -2.36. The molecule has 0 N–H and O–H groups in total. The minimum atomic E-state index is -0.682. The van der Waals surface area contributed by atoms with Crippen LogP contribution in [-0.2, 0) is 28.6 Å². The highest BCUT2D eigenvalue weighted by Gasteiger charge is 2.41. The molecule has 0 radical (unpaired) electrons. The number of carbonyl (C=O) groups excluding carboxylic acids is 3. The Balaban J connectivity index is 2.14. The molecule has 0 unspecified atom stereocenters. The predicted molar refractivity (Wildman–Crippen MR) is 110 cm³/mol. The summed E-state index contributed by atoms with van der Waals surface area (Å²) in [5.74, 6) is -0.433. The third-order valence-corrected chi connectivity index (χ3v) is 6.24. The highest BCUT2D eigenvalue weighted by atomic mass is 32.2. The van der Waals surface area contributed by atoms with Crippen molar-refractivity contribution in [1.82, 2.24) is 4.90 Å². The van der Waals surface area contributed by atoms with Gasteiger partial charge in [-0.05, 0) is 12.0 Å². The first-order chi connectivity index (χ1) is 13.1. The Hall–Kier alpha value is -1.45. The van der Waals surface area contributed by atoms with Gasteiger partial charge >= 0.3 is 11.9 Å². The summed E-state index contributed by atoms with van der Waals surface area (Å²) in [5, 5.41) is 0. The van der Waals surface area contributed by atoms with Crippen LogP contribution in [0.1, 0.15) is 34.6 Å². The van der Waals surface area contributed by atoms with Gasteiger partial charge in [-0.1, -0.05) is 50.8 Å². The van der Waals surface area contributed by atoms with Gasteiger partial charge in [-0.15, -0.1) is 0 Å². The third kappa shape index (κ3) is 5.55. The number of amides is 1. The summed E-state index contributed by atoms with van der Waals surface area (Å²) in [6.07, 6.45) is 1.50. The fourth-order valence-electron chi connectivity index (χ4n) is 3.13. The molecule has 0 aromatic rings. The molecule has 7 nitrogen and oxygen atoms in total. The van der Waals surface area contributed by atoms with E-state index in [2.05, 4.69) is 13.8 Å². The predicted octanol–water partition coefficient (Wildman–Crippen LogP) is 2.33. The second-order valence-corrected chi connectivity index (χ2v) is 8.94. The third-order valence-electron chi connectivity index (χ3n) is 4.74. The summed E-state index contributed by atoms with van der Waals surface area (Å²) in [5.41, 5.74) is 0. The van der Waals surface area contributed by atoms with Crippen molar-refractivity contribution in [2.45, 2.75) is 59.0 Å². The second kappa shape index (κ2) is 9.84. The molecular weight excluding hydrogens is 402 g/mol. The van der Waals surface area contributed by atoms with Crippen LogP contribution in [0.4, 0.5) is 0 Å². The average molecular weight is 430 g/mol. The number of thioether (sulfide) groups is 1. The van der Waals surface area contributed by atoms with E-state index in [1.165, 1.54) is 25.6 Å². The van der Waals surface area contributed by atoms with Crippen molar-refractivity contribution >= 4 is 46.1 Å². The smallest absolute Gasteiger partial charge is 0.303 e. The van der Waals surface area contributed by atoms with E-state index in [-0.39, 0.29) is 24.5 Å². The molecule has 1 saturated heterocycles. The topological polar surface area (TPSA) is 82.1 Å². The van der Waals surface area contributed by atoms with Crippen molar-refractivity contribution in [3.05, 3.63) is 12.2 Å². The minimum absolute atomic E-state index is 0.0608. The molecular formula is C19H27NO6S2. The molecule has 2 heterocycles. The lowest BCUT2D eigenvalue weighted by molar-refractivity contribution is -0.168. The lowest BCUT2D eigenvalue weighted by atomic mass is 9.96. The summed E-state index contributed by atoms with van der Waals surface area (Å²) < 4.78 is 16.8. The van der Waals surface area contributed by atoms with Gasteiger partial charge in [0.05, 0.1) is 12.0 Å². The first kappa shape index (κ1) is 22.8. The Bertz CT molecular complexity index is 665. The molecule has 0 spiro atoms. The zero-order valence-electron chi connectivity index (χ0n) is 16.7. The quantitative estimate of drug-likeness (QED) is 0.361. The molecule has 0 bridgehead atoms. The number of rotatable bonds is 6. The van der Waals surface area contributed by atoms with Crippen molar-refractivity contribution in [2.24, 2.45) is 11.8 Å². The zero-order chi connectivity index (χ0) is 21.0. The van der Waals surface area contributed by atoms with Gasteiger partial charge in [0.15, 0.2) is 0 Å². The van der Waals surface area contributed by atoms with E-state index in [0.29, 0.717) is 4.32 Å². The van der Waals surface area contributed by atoms with Crippen LogP contribution in [0.25, 0.3) is 0 Å². The highest BCUT2D eigenvalue weighted by molar-refractivity contribution is 8.23. The Labute approximate surface area is 175 Å². The van der Waals surface area contributed by atoms with Crippen LogP contribution in [-0.4, -0.2) is 63.8 Å². The molecule has 156 valence electrons. The fraction of sp³-hybridized carbons (Fsp3) is 0.684. The number of hydrogen-bond donors (Lipinski definition) is 0. The van der Waals surface area contributed by atoms with Crippen LogP contribution in [0.15, 0.2) is 12.2 Å². The van der Waals surface area contributed by atoms with Crippen molar-refractivity contribution in [3.8, 4) is 0 Å². The van der Waals surface area contributed by atoms with Gasteiger partial charge in [-0.2, -0.15) is 0 Å². The van der Waals surface area contributed by atoms with Gasteiger partial charge in [-0.25, -0.2) is 0 Å². The number of nitrogens with zero attached hydrogens (tertiary/aromatic N) is 1. The molecule has 9 heteroatoms. The Morgan fingerprint density at radius 2 is 1.93 bits per heavy atom. The van der Waals surface area contributed by atoms with Crippen LogP contribution < -0.4 is 0 Å². The Morgan fingerprint density at radius 1 is 1.25 bits per heavy atom. The summed E-state index contributed by atoms with van der Waals surface area (Å²) in [7, 11) is 0. The number of thiocarbonyl (C=S) groups is 1. The molecule has 5 atom stereocenters. The highest BCUT2D eigenvalue weighted by Crippen LogP contribution is 2.32. The number of esters is 2. The van der Waals surface area contributed by atoms with Gasteiger partial charge in [0.25, 0.3) is 0 Å². The molecule has 0 aliphatic carbocycles. The van der Waals surface area contributed by atoms with E-state index in [1.54, 1.807) is 24.0 Å². The number of carbonyl (C=O) groups is 3. The standard InChI is InChI=1S/C19H27NO6S2/c1-10(2)14-9-28-19(27)20(14)18(23)11(3)15-6-7-16(25-13(5)22)17(26-15)8-24-12(4)21/h6-7,10-11,14-17H,8-9H2,1-5H3/t11-,14-,15+,16+,17-/m1/s1. The molecule has 2 rings (SSSR count). The van der Waals surface area contributed by atoms with Gasteiger partial charge in [0.1, 0.15) is 23.1 Å². The zero-order valence-corrected chi connectivity index (χ0v) is 18.4. The number of hydrogen-bond acceptors (Lipinski definition) is 8. The van der Waals surface area contributed by atoms with Crippen LogP contribution in [0.5, 0.6) is 0 Å². The largest absolute Gasteiger partial charge is 0.463 e. The first-order valence-electron chi connectivity index (χ1n) is 9.26. The summed E-state index contributed by atoms with van der Waals surface area (Å²) in [6, 6.07) is 0.0608. The summed E-state index contributed by atoms with van der Waals surface area (Å²) in [4.78, 5) is 37.3. The molecule has 2 aliphatic rings. The first-order valence-corrected chi connectivity index (χ1v) is 10.6. The summed E-state index contributed by atoms with van der Waals surface area (Å²) in [6.45, 7) is 8.45. The molecule has 1 fully saturated rings. The van der Waals surface area contributed by atoms with E-state index >= 15 is 0 Å². The fourth-order valence-corrected chi connectivity index (χ4v) is 4.77. The van der Waals surface area contributed by atoms with Crippen LogP contribution in [0.2, 0.25) is 0 Å². The van der Waals surface area contributed by atoms with Gasteiger partial charge in [-0.3, -0.25) is 19.3 Å². The lowest BCUT2D eigenvalue weighted by Crippen LogP contribution is -2.49. The Morgan fingerprint density at radius 3 is 2.50 bits per heavy atom. The van der Waals surface area contributed by atoms with Gasteiger partial charge in [0.2, 0.25) is 5.91 Å². The molecule has 28 heavy (non-hydrogen) atoms. The van der Waals surface area contributed by atoms with Crippen LogP contribution in [0.3, 0.4) is 0 Å². The van der Waals surface area contributed by atoms with Crippen LogP contribution >= 0.6 is 24.0 Å². The van der Waals surface area contributed by atoms with Crippen molar-refractivity contribution in [3.63, 3.8) is 0 Å². The molecule has 1 amide bonds. The molecule has 0 saturated carbocycles. The molecule has 2 aliphatic heterocycles. The van der Waals surface area contributed by atoms with Gasteiger partial charge in [0, 0.05) is 25.6 Å². The maximum atomic E-state index is 13.1. The monoisotopic (exact) mass is 429 g/mol. The SMILES string of the molecule is CC(=O)OC[C@H]1O[C@H]([C@@H](C)C(=O)N2C(=S)SC[C@@H]2C(C)C)C=C[C@@H]1OC(C)=O. The maximum absolute atomic E-state index is 13.1. The van der Waals surface area contributed by atoms with E-state index in [1.807, 2.05) is 0 Å². The molecule has 0 aromatic heterocycles. The number of ether oxygens (including phenoxy) is 3. The van der Waals surface area contributed by atoms with E-state index in [9.17, 15) is 14.4 Å². The van der Waals surface area contributed by atoms with E-state index < -0.39 is 36.2 Å². The average Bonchev–Trinajstić information content (AvgIpc) is 3.00. The normalized spacial score (nSPS) is 28.4. The van der Waals surface area contributed by atoms with E-state index in [4.69, 9.17) is 26.4 Å². The van der Waals surface area contributed by atoms with Crippen LogP contribution in [0, 0.1) is 11.8 Å². The van der Waals surface area contributed by atoms with Gasteiger partial charge < -0.3 is 14.2 Å². The van der Waals surface area contributed by atoms with Crippen molar-refractivity contribution in [1.29, 1.82) is 0 Å². The van der Waals surface area contributed by atoms with Crippen molar-refractivity contribution < 1.29 is 28.6 Å². The Kier molecular flexibility index (Phi) is 8.03. The molecule has 0 aromatic carbocycles. The van der Waals surface area contributed by atoms with E-state index in [0.717, 1.165) is 5.75 Å². The minimum Gasteiger partial charge on any atom is -0.463 e. The van der Waals surface area contributed by atoms with Crippen molar-refractivity contribution in [2.75, 3.05) is 12.4 Å². The maximum Gasteiger partial charge on any atom is 0.303 e. The second-order valence-electron chi connectivity index (χ2n) is 7.29.